The largest absolute Gasteiger partial charge is 0.377 e. The molecular weight excluding hydrogens is 198 g/mol. The molecule has 1 aromatic carbocycles. The first-order valence-corrected chi connectivity index (χ1v) is 6.10. The minimum Gasteiger partial charge on any atom is -0.377 e. The van der Waals surface area contributed by atoms with Gasteiger partial charge in [-0.25, -0.2) is 0 Å². The lowest BCUT2D eigenvalue weighted by Crippen LogP contribution is -2.28. The van der Waals surface area contributed by atoms with Crippen molar-refractivity contribution in [2.45, 2.75) is 32.4 Å². The highest BCUT2D eigenvalue weighted by Gasteiger charge is 2.17. The van der Waals surface area contributed by atoms with Crippen LogP contribution in [0.5, 0.6) is 0 Å². The Morgan fingerprint density at radius 2 is 2.06 bits per heavy atom. The van der Waals surface area contributed by atoms with Crippen LogP contribution in [-0.2, 0) is 11.3 Å². The Bertz CT molecular complexity index is 314. The summed E-state index contributed by atoms with van der Waals surface area (Å²) in [6.07, 6.45) is 2.90. The molecule has 1 atom stereocenters. The number of likely N-dealkylation sites (N-methyl/N-ethyl adjacent to an activating group) is 1. The minimum absolute atomic E-state index is 0.454. The van der Waals surface area contributed by atoms with Crippen molar-refractivity contribution in [2.75, 3.05) is 20.2 Å². The summed E-state index contributed by atoms with van der Waals surface area (Å²) in [6.45, 7) is 5.14. The average Bonchev–Trinajstić information content (AvgIpc) is 2.74. The Morgan fingerprint density at radius 3 is 2.69 bits per heavy atom. The molecule has 2 nitrogen and oxygen atoms in total. The summed E-state index contributed by atoms with van der Waals surface area (Å²) in [6, 6.07) is 8.77. The van der Waals surface area contributed by atoms with Crippen LogP contribution in [0.4, 0.5) is 0 Å². The Morgan fingerprint density at radius 1 is 1.31 bits per heavy atom. The van der Waals surface area contributed by atoms with E-state index in [0.29, 0.717) is 6.10 Å². The highest BCUT2D eigenvalue weighted by molar-refractivity contribution is 5.21. The normalized spacial score (nSPS) is 20.6. The number of nitrogens with zero attached hydrogens (tertiary/aromatic N) is 1. The summed E-state index contributed by atoms with van der Waals surface area (Å²) < 4.78 is 5.64. The van der Waals surface area contributed by atoms with Gasteiger partial charge in [-0.3, -0.25) is 4.90 Å². The number of benzene rings is 1. The maximum absolute atomic E-state index is 5.64. The Labute approximate surface area is 98.2 Å². The molecule has 1 heterocycles. The quantitative estimate of drug-likeness (QED) is 0.772. The fourth-order valence-electron chi connectivity index (χ4n) is 2.21. The molecule has 0 radical (unpaired) electrons. The van der Waals surface area contributed by atoms with Crippen molar-refractivity contribution in [1.82, 2.24) is 4.90 Å². The summed E-state index contributed by atoms with van der Waals surface area (Å²) in [4.78, 5) is 2.35. The molecule has 0 bridgehead atoms. The molecule has 2 rings (SSSR count). The zero-order chi connectivity index (χ0) is 11.4. The van der Waals surface area contributed by atoms with Gasteiger partial charge in [-0.15, -0.1) is 0 Å². The van der Waals surface area contributed by atoms with Gasteiger partial charge >= 0.3 is 0 Å². The average molecular weight is 219 g/mol. The van der Waals surface area contributed by atoms with E-state index in [9.17, 15) is 0 Å². The second-order valence-corrected chi connectivity index (χ2v) is 4.82. The van der Waals surface area contributed by atoms with Gasteiger partial charge in [-0.2, -0.15) is 0 Å². The Hall–Kier alpha value is -0.860. The molecule has 16 heavy (non-hydrogen) atoms. The predicted molar refractivity (Wildman–Crippen MR) is 66.5 cm³/mol. The van der Waals surface area contributed by atoms with Crippen LogP contribution in [-0.4, -0.2) is 31.2 Å². The zero-order valence-corrected chi connectivity index (χ0v) is 10.3. The third-order valence-corrected chi connectivity index (χ3v) is 3.11. The third kappa shape index (κ3) is 3.32. The van der Waals surface area contributed by atoms with E-state index < -0.39 is 0 Å². The maximum atomic E-state index is 5.64. The monoisotopic (exact) mass is 219 g/mol. The van der Waals surface area contributed by atoms with E-state index in [1.54, 1.807) is 0 Å². The fourth-order valence-corrected chi connectivity index (χ4v) is 2.21. The Kier molecular flexibility index (Phi) is 3.97. The second kappa shape index (κ2) is 5.46. The van der Waals surface area contributed by atoms with Gasteiger partial charge in [0.1, 0.15) is 0 Å². The number of hydrogen-bond acceptors (Lipinski definition) is 2. The first-order valence-electron chi connectivity index (χ1n) is 6.10. The molecule has 0 unspecified atom stereocenters. The van der Waals surface area contributed by atoms with Crippen molar-refractivity contribution in [3.63, 3.8) is 0 Å². The first kappa shape index (κ1) is 11.6. The van der Waals surface area contributed by atoms with Gasteiger partial charge in [0.25, 0.3) is 0 Å². The smallest absolute Gasteiger partial charge is 0.0702 e. The van der Waals surface area contributed by atoms with Gasteiger partial charge in [0.05, 0.1) is 6.10 Å². The van der Waals surface area contributed by atoms with E-state index in [2.05, 4.69) is 43.1 Å². The van der Waals surface area contributed by atoms with Crippen LogP contribution in [0, 0.1) is 6.92 Å². The topological polar surface area (TPSA) is 12.5 Å². The lowest BCUT2D eigenvalue weighted by atomic mass is 10.1. The maximum Gasteiger partial charge on any atom is 0.0702 e. The highest BCUT2D eigenvalue weighted by atomic mass is 16.5. The molecule has 1 aliphatic rings. The second-order valence-electron chi connectivity index (χ2n) is 4.82. The van der Waals surface area contributed by atoms with Crippen LogP contribution in [0.25, 0.3) is 0 Å². The molecule has 1 saturated heterocycles. The van der Waals surface area contributed by atoms with Gasteiger partial charge in [0.2, 0.25) is 0 Å². The van der Waals surface area contributed by atoms with E-state index in [1.165, 1.54) is 24.0 Å². The van der Waals surface area contributed by atoms with Crippen LogP contribution < -0.4 is 0 Å². The molecule has 0 amide bonds. The number of ether oxygens (including phenoxy) is 1. The summed E-state index contributed by atoms with van der Waals surface area (Å²) in [5.41, 5.74) is 2.71. The highest BCUT2D eigenvalue weighted by Crippen LogP contribution is 2.14. The van der Waals surface area contributed by atoms with Crippen molar-refractivity contribution in [3.8, 4) is 0 Å². The predicted octanol–water partition coefficient (Wildman–Crippen LogP) is 2.61. The molecule has 2 heteroatoms. The van der Waals surface area contributed by atoms with Crippen molar-refractivity contribution in [3.05, 3.63) is 35.4 Å². The standard InChI is InChI=1S/C14H21NO/c1-12-5-7-13(8-6-12)10-15(2)11-14-4-3-9-16-14/h5-8,14H,3-4,9-11H2,1-2H3/t14-/m0/s1. The van der Waals surface area contributed by atoms with Gasteiger partial charge in [-0.05, 0) is 32.4 Å². The molecule has 1 fully saturated rings. The molecule has 0 aliphatic carbocycles. The van der Waals surface area contributed by atoms with Gasteiger partial charge in [0.15, 0.2) is 0 Å². The molecule has 0 spiro atoms. The SMILES string of the molecule is Cc1ccc(CN(C)C[C@@H]2CCCO2)cc1. The summed E-state index contributed by atoms with van der Waals surface area (Å²) >= 11 is 0. The van der Waals surface area contributed by atoms with Crippen molar-refractivity contribution in [1.29, 1.82) is 0 Å². The molecule has 1 aliphatic heterocycles. The van der Waals surface area contributed by atoms with Crippen molar-refractivity contribution >= 4 is 0 Å². The third-order valence-electron chi connectivity index (χ3n) is 3.11. The summed E-state index contributed by atoms with van der Waals surface area (Å²) in [5, 5.41) is 0. The zero-order valence-electron chi connectivity index (χ0n) is 10.3. The number of rotatable bonds is 4. The number of hydrogen-bond donors (Lipinski definition) is 0. The van der Waals surface area contributed by atoms with E-state index in [4.69, 9.17) is 4.74 Å². The lowest BCUT2D eigenvalue weighted by molar-refractivity contribution is 0.0793. The first-order chi connectivity index (χ1) is 7.74. The van der Waals surface area contributed by atoms with Gasteiger partial charge in [0, 0.05) is 19.7 Å². The summed E-state index contributed by atoms with van der Waals surface area (Å²) in [5.74, 6) is 0. The van der Waals surface area contributed by atoms with Crippen LogP contribution in [0.2, 0.25) is 0 Å². The Balaban J connectivity index is 1.81. The van der Waals surface area contributed by atoms with Crippen molar-refractivity contribution in [2.24, 2.45) is 0 Å². The van der Waals surface area contributed by atoms with Gasteiger partial charge < -0.3 is 4.74 Å². The molecule has 0 N–H and O–H groups in total. The van der Waals surface area contributed by atoms with Crippen LogP contribution in [0.3, 0.4) is 0 Å². The van der Waals surface area contributed by atoms with E-state index in [0.717, 1.165) is 19.7 Å². The minimum atomic E-state index is 0.454. The van der Waals surface area contributed by atoms with Crippen molar-refractivity contribution < 1.29 is 4.74 Å². The molecule has 1 aromatic rings. The van der Waals surface area contributed by atoms with Gasteiger partial charge in [-0.1, -0.05) is 29.8 Å². The van der Waals surface area contributed by atoms with Crippen LogP contribution in [0.1, 0.15) is 24.0 Å². The van der Waals surface area contributed by atoms with Crippen LogP contribution >= 0.6 is 0 Å². The number of aryl methyl sites for hydroxylation is 1. The summed E-state index contributed by atoms with van der Waals surface area (Å²) in [7, 11) is 2.17. The van der Waals surface area contributed by atoms with E-state index >= 15 is 0 Å². The van der Waals surface area contributed by atoms with E-state index in [1.807, 2.05) is 0 Å². The molecule has 0 aromatic heterocycles. The van der Waals surface area contributed by atoms with Crippen LogP contribution in [0.15, 0.2) is 24.3 Å². The molecular formula is C14H21NO. The molecule has 0 saturated carbocycles. The molecule has 88 valence electrons. The fraction of sp³-hybridized carbons (Fsp3) is 0.571. The lowest BCUT2D eigenvalue weighted by Gasteiger charge is -2.20. The van der Waals surface area contributed by atoms with E-state index in [-0.39, 0.29) is 0 Å².